The second-order valence-electron chi connectivity index (χ2n) is 4.76. The van der Waals surface area contributed by atoms with Gasteiger partial charge in [-0.25, -0.2) is 4.74 Å². The van der Waals surface area contributed by atoms with Crippen LogP contribution in [-0.4, -0.2) is 29.6 Å². The molecule has 1 saturated carbocycles. The number of carbonyl (C=O) groups excluding carboxylic acids is 2. The second-order valence-corrected chi connectivity index (χ2v) is 5.20. The van der Waals surface area contributed by atoms with Gasteiger partial charge in [0.2, 0.25) is 0 Å². The summed E-state index contributed by atoms with van der Waals surface area (Å²) in [5.74, 6) is -1.39. The van der Waals surface area contributed by atoms with Crippen LogP contribution < -0.4 is 0 Å². The predicted molar refractivity (Wildman–Crippen MR) is 72.5 cm³/mol. The van der Waals surface area contributed by atoms with E-state index in [-0.39, 0.29) is 30.3 Å². The van der Waals surface area contributed by atoms with E-state index in [1.807, 2.05) is 12.1 Å². The molecular formula is C14H14ClNO3. The van der Waals surface area contributed by atoms with Crippen molar-refractivity contribution in [3.63, 3.8) is 0 Å². The van der Waals surface area contributed by atoms with Crippen molar-refractivity contribution in [3.8, 4) is 0 Å². The molecule has 1 fully saturated rings. The Hall–Kier alpha value is -1.68. The molecule has 0 aromatic heterocycles. The van der Waals surface area contributed by atoms with E-state index in [9.17, 15) is 14.8 Å². The van der Waals surface area contributed by atoms with Crippen molar-refractivity contribution >= 4 is 29.4 Å². The van der Waals surface area contributed by atoms with Crippen LogP contribution in [0.2, 0.25) is 5.02 Å². The number of hydrogen-bond acceptors (Lipinski definition) is 3. The molecule has 0 heterocycles. The highest BCUT2D eigenvalue weighted by Gasteiger charge is 2.36. The van der Waals surface area contributed by atoms with Gasteiger partial charge in [0.25, 0.3) is 0 Å². The monoisotopic (exact) mass is 279 g/mol. The van der Waals surface area contributed by atoms with Gasteiger partial charge in [-0.05, 0) is 23.6 Å². The molecule has 0 saturated heterocycles. The lowest BCUT2D eigenvalue weighted by Gasteiger charge is -2.24. The van der Waals surface area contributed by atoms with E-state index in [0.717, 1.165) is 11.8 Å². The zero-order chi connectivity index (χ0) is 14.0. The molecule has 1 aliphatic carbocycles. The van der Waals surface area contributed by atoms with Crippen LogP contribution in [0.15, 0.2) is 24.3 Å². The van der Waals surface area contributed by atoms with Crippen molar-refractivity contribution in [1.82, 2.24) is 0 Å². The highest BCUT2D eigenvalue weighted by Crippen LogP contribution is 2.31. The second kappa shape index (κ2) is 5.53. The topological polar surface area (TPSA) is 60.2 Å². The SMILES string of the molecule is C/[N+]([O-])=C/C1C(=O)CC(c2ccc(Cl)cc2)CC1=O. The number of hydroxylamine groups is 1. The number of carbonyl (C=O) groups is 2. The van der Waals surface area contributed by atoms with Crippen LogP contribution in [0.1, 0.15) is 24.3 Å². The first-order chi connectivity index (χ1) is 8.97. The number of rotatable bonds is 2. The van der Waals surface area contributed by atoms with Gasteiger partial charge in [-0.15, -0.1) is 0 Å². The molecule has 2 rings (SSSR count). The summed E-state index contributed by atoms with van der Waals surface area (Å²) in [6.45, 7) is 0. The highest BCUT2D eigenvalue weighted by molar-refractivity contribution is 6.30. The first-order valence-corrected chi connectivity index (χ1v) is 6.41. The minimum atomic E-state index is -0.883. The maximum absolute atomic E-state index is 11.9. The first-order valence-electron chi connectivity index (χ1n) is 6.03. The fourth-order valence-corrected chi connectivity index (χ4v) is 2.46. The number of Topliss-reactive ketones (excluding diaryl/α,β-unsaturated/α-hetero) is 2. The Kier molecular flexibility index (Phi) is 4.00. The Bertz CT molecular complexity index is 514. The van der Waals surface area contributed by atoms with Gasteiger partial charge in [0.15, 0.2) is 23.7 Å². The molecule has 0 aliphatic heterocycles. The van der Waals surface area contributed by atoms with Crippen molar-refractivity contribution in [2.45, 2.75) is 18.8 Å². The maximum atomic E-state index is 11.9. The molecule has 1 aromatic carbocycles. The maximum Gasteiger partial charge on any atom is 0.168 e. The Labute approximate surface area is 116 Å². The highest BCUT2D eigenvalue weighted by atomic mass is 35.5. The molecule has 19 heavy (non-hydrogen) atoms. The molecule has 0 radical (unpaired) electrons. The first kappa shape index (κ1) is 13.7. The summed E-state index contributed by atoms with van der Waals surface area (Å²) in [4.78, 5) is 23.9. The molecule has 4 nitrogen and oxygen atoms in total. The summed E-state index contributed by atoms with van der Waals surface area (Å²) in [6.07, 6.45) is 1.70. The van der Waals surface area contributed by atoms with Gasteiger partial charge in [-0.2, -0.15) is 0 Å². The van der Waals surface area contributed by atoms with Crippen molar-refractivity contribution in [1.29, 1.82) is 0 Å². The van der Waals surface area contributed by atoms with Gasteiger partial charge in [-0.3, -0.25) is 9.59 Å². The van der Waals surface area contributed by atoms with E-state index in [1.54, 1.807) is 12.1 Å². The number of ketones is 2. The van der Waals surface area contributed by atoms with Gasteiger partial charge in [0.1, 0.15) is 7.05 Å². The van der Waals surface area contributed by atoms with Gasteiger partial charge in [-0.1, -0.05) is 23.7 Å². The molecule has 0 amide bonds. The third kappa shape index (κ3) is 3.20. The largest absolute Gasteiger partial charge is 0.624 e. The average molecular weight is 280 g/mol. The quantitative estimate of drug-likeness (QED) is 0.274. The van der Waals surface area contributed by atoms with Crippen molar-refractivity contribution in [2.75, 3.05) is 7.05 Å². The third-order valence-electron chi connectivity index (χ3n) is 3.29. The molecule has 0 bridgehead atoms. The number of nitrogens with zero attached hydrogens (tertiary/aromatic N) is 1. The average Bonchev–Trinajstić information content (AvgIpc) is 2.34. The van der Waals surface area contributed by atoms with E-state index in [2.05, 4.69) is 0 Å². The van der Waals surface area contributed by atoms with E-state index < -0.39 is 5.92 Å². The van der Waals surface area contributed by atoms with Crippen molar-refractivity contribution in [2.24, 2.45) is 5.92 Å². The lowest BCUT2D eigenvalue weighted by Crippen LogP contribution is -2.35. The number of benzene rings is 1. The fourth-order valence-electron chi connectivity index (χ4n) is 2.34. The Morgan fingerprint density at radius 2 is 1.74 bits per heavy atom. The normalized spacial score (nSPS) is 24.6. The van der Waals surface area contributed by atoms with Gasteiger partial charge < -0.3 is 5.21 Å². The molecular weight excluding hydrogens is 266 g/mol. The van der Waals surface area contributed by atoms with Gasteiger partial charge in [0, 0.05) is 17.9 Å². The standard InChI is InChI=1S/C14H14ClNO3/c1-16(19)8-12-13(17)6-10(7-14(12)18)9-2-4-11(15)5-3-9/h2-5,8,10,12H,6-7H2,1H3/b16-8-. The number of halogens is 1. The molecule has 0 unspecified atom stereocenters. The molecule has 5 heteroatoms. The Morgan fingerprint density at radius 3 is 2.21 bits per heavy atom. The lowest BCUT2D eigenvalue weighted by atomic mass is 9.77. The van der Waals surface area contributed by atoms with Gasteiger partial charge >= 0.3 is 0 Å². The molecule has 0 N–H and O–H groups in total. The fraction of sp³-hybridized carbons (Fsp3) is 0.357. The lowest BCUT2D eigenvalue weighted by molar-refractivity contribution is -0.419. The molecule has 100 valence electrons. The van der Waals surface area contributed by atoms with Crippen LogP contribution in [0.5, 0.6) is 0 Å². The van der Waals surface area contributed by atoms with Crippen molar-refractivity contribution < 1.29 is 14.3 Å². The van der Waals surface area contributed by atoms with Crippen LogP contribution in [0.25, 0.3) is 0 Å². The summed E-state index contributed by atoms with van der Waals surface area (Å²) in [5, 5.41) is 11.6. The van der Waals surface area contributed by atoms with E-state index in [4.69, 9.17) is 11.6 Å². The third-order valence-corrected chi connectivity index (χ3v) is 3.54. The Balaban J connectivity index is 2.18. The summed E-state index contributed by atoms with van der Waals surface area (Å²) in [5.41, 5.74) is 0.931. The van der Waals surface area contributed by atoms with E-state index in [1.165, 1.54) is 7.05 Å². The molecule has 0 spiro atoms. The summed E-state index contributed by atoms with van der Waals surface area (Å²) < 4.78 is 0.517. The van der Waals surface area contributed by atoms with Crippen LogP contribution >= 0.6 is 11.6 Å². The summed E-state index contributed by atoms with van der Waals surface area (Å²) in [6, 6.07) is 7.15. The zero-order valence-electron chi connectivity index (χ0n) is 10.5. The summed E-state index contributed by atoms with van der Waals surface area (Å²) >= 11 is 5.81. The smallest absolute Gasteiger partial charge is 0.168 e. The minimum Gasteiger partial charge on any atom is -0.624 e. The van der Waals surface area contributed by atoms with Crippen LogP contribution in [0, 0.1) is 11.1 Å². The summed E-state index contributed by atoms with van der Waals surface area (Å²) in [7, 11) is 1.27. The molecule has 1 aliphatic rings. The Morgan fingerprint density at radius 1 is 1.21 bits per heavy atom. The van der Waals surface area contributed by atoms with Crippen molar-refractivity contribution in [3.05, 3.63) is 40.1 Å². The number of hydrogen-bond donors (Lipinski definition) is 0. The predicted octanol–water partition coefficient (Wildman–Crippen LogP) is 2.18. The molecule has 0 atom stereocenters. The van der Waals surface area contributed by atoms with Gasteiger partial charge in [0.05, 0.1) is 0 Å². The van der Waals surface area contributed by atoms with Crippen LogP contribution in [0.3, 0.4) is 0 Å². The van der Waals surface area contributed by atoms with Crippen LogP contribution in [0.4, 0.5) is 0 Å². The zero-order valence-corrected chi connectivity index (χ0v) is 11.3. The van der Waals surface area contributed by atoms with E-state index in [0.29, 0.717) is 9.76 Å². The molecule has 1 aromatic rings. The van der Waals surface area contributed by atoms with E-state index >= 15 is 0 Å². The van der Waals surface area contributed by atoms with Crippen LogP contribution in [-0.2, 0) is 9.59 Å². The minimum absolute atomic E-state index is 0.112.